The predicted octanol–water partition coefficient (Wildman–Crippen LogP) is 6.60. The lowest BCUT2D eigenvalue weighted by molar-refractivity contribution is -0.245. The maximum Gasteiger partial charge on any atom is 0.272 e. The molecule has 0 radical (unpaired) electrons. The van der Waals surface area contributed by atoms with Crippen LogP contribution in [-0.4, -0.2) is 43.1 Å². The van der Waals surface area contributed by atoms with Gasteiger partial charge in [-0.3, -0.25) is 4.79 Å². The number of hydrogen-bond acceptors (Lipinski definition) is 4. The van der Waals surface area contributed by atoms with Crippen LogP contribution in [0.3, 0.4) is 0 Å². The molecule has 8 heteroatoms. The van der Waals surface area contributed by atoms with Crippen LogP contribution in [0.1, 0.15) is 62.2 Å². The van der Waals surface area contributed by atoms with E-state index in [1.165, 1.54) is 5.06 Å². The number of hydrogen-bond donors (Lipinski definition) is 2. The van der Waals surface area contributed by atoms with Gasteiger partial charge in [0.1, 0.15) is 0 Å². The number of amides is 1. The average molecular weight is 515 g/mol. The Bertz CT molecular complexity index is 1250. The molecule has 0 saturated carbocycles. The number of hydroxylamine groups is 2. The summed E-state index contributed by atoms with van der Waals surface area (Å²) in [6.07, 6.45) is 1.23. The quantitative estimate of drug-likeness (QED) is 0.411. The van der Waals surface area contributed by atoms with Crippen molar-refractivity contribution in [3.05, 3.63) is 69.3 Å². The first-order valence-electron chi connectivity index (χ1n) is 11.7. The Morgan fingerprint density at radius 2 is 1.63 bits per heavy atom. The summed E-state index contributed by atoms with van der Waals surface area (Å²) in [7, 11) is 0. The van der Waals surface area contributed by atoms with Gasteiger partial charge in [0, 0.05) is 33.3 Å². The zero-order valence-corrected chi connectivity index (χ0v) is 22.5. The lowest BCUT2D eigenvalue weighted by Gasteiger charge is -2.51. The molecule has 2 heterocycles. The van der Waals surface area contributed by atoms with Crippen LogP contribution in [0.25, 0.3) is 16.9 Å². The SMILES string of the molecule is Cc1ccc(-c2c(C)c(C(=O)NC3CC(C)(C)N(O)C(C)(C)C3)nn2-c2ccc(Cl)cc2Cl)cc1. The molecule has 1 aliphatic rings. The summed E-state index contributed by atoms with van der Waals surface area (Å²) >= 11 is 12.7. The highest BCUT2D eigenvalue weighted by molar-refractivity contribution is 6.35. The molecule has 3 aromatic rings. The van der Waals surface area contributed by atoms with Gasteiger partial charge in [-0.25, -0.2) is 4.68 Å². The summed E-state index contributed by atoms with van der Waals surface area (Å²) in [5.74, 6) is -0.248. The third kappa shape index (κ3) is 4.98. The molecule has 2 N–H and O–H groups in total. The van der Waals surface area contributed by atoms with Crippen LogP contribution in [-0.2, 0) is 0 Å². The van der Waals surface area contributed by atoms with Gasteiger partial charge in [-0.2, -0.15) is 10.2 Å². The number of carbonyl (C=O) groups is 1. The van der Waals surface area contributed by atoms with Crippen LogP contribution in [0.2, 0.25) is 10.0 Å². The molecule has 1 amide bonds. The molecule has 0 bridgehead atoms. The van der Waals surface area contributed by atoms with Gasteiger partial charge in [-0.1, -0.05) is 53.0 Å². The molecule has 0 unspecified atom stereocenters. The molecule has 2 aromatic carbocycles. The van der Waals surface area contributed by atoms with Crippen LogP contribution in [0.5, 0.6) is 0 Å². The van der Waals surface area contributed by atoms with E-state index in [9.17, 15) is 10.0 Å². The van der Waals surface area contributed by atoms with E-state index in [4.69, 9.17) is 28.3 Å². The lowest BCUT2D eigenvalue weighted by atomic mass is 9.79. The van der Waals surface area contributed by atoms with E-state index in [1.54, 1.807) is 22.9 Å². The molecule has 0 aliphatic carbocycles. The van der Waals surface area contributed by atoms with E-state index < -0.39 is 11.1 Å². The molecule has 1 saturated heterocycles. The molecule has 0 spiro atoms. The van der Waals surface area contributed by atoms with Crippen molar-refractivity contribution < 1.29 is 10.0 Å². The first kappa shape index (κ1) is 25.7. The number of aromatic nitrogens is 2. The van der Waals surface area contributed by atoms with Crippen molar-refractivity contribution in [2.45, 2.75) is 71.5 Å². The van der Waals surface area contributed by atoms with Crippen LogP contribution in [0.15, 0.2) is 42.5 Å². The number of benzene rings is 2. The number of carbonyl (C=O) groups excluding carboxylic acids is 1. The van der Waals surface area contributed by atoms with Crippen molar-refractivity contribution in [3.63, 3.8) is 0 Å². The van der Waals surface area contributed by atoms with E-state index in [0.717, 1.165) is 22.4 Å². The molecular formula is C27H32Cl2N4O2. The molecule has 4 rings (SSSR count). The summed E-state index contributed by atoms with van der Waals surface area (Å²) in [6.45, 7) is 11.8. The second-order valence-corrected chi connectivity index (χ2v) is 11.6. The van der Waals surface area contributed by atoms with Crippen molar-refractivity contribution in [1.29, 1.82) is 0 Å². The summed E-state index contributed by atoms with van der Waals surface area (Å²) in [5.41, 5.74) is 3.66. The van der Waals surface area contributed by atoms with Gasteiger partial charge in [0.05, 0.1) is 16.4 Å². The van der Waals surface area contributed by atoms with Gasteiger partial charge in [0.2, 0.25) is 0 Å². The fourth-order valence-corrected chi connectivity index (χ4v) is 5.70. The van der Waals surface area contributed by atoms with Crippen LogP contribution in [0, 0.1) is 13.8 Å². The minimum atomic E-state index is -0.474. The number of rotatable bonds is 4. The Morgan fingerprint density at radius 3 is 2.20 bits per heavy atom. The number of piperidine rings is 1. The summed E-state index contributed by atoms with van der Waals surface area (Å²) in [5, 5.41) is 20.9. The standard InChI is InChI=1S/C27H32Cl2N4O2/c1-16-7-9-18(10-8-16)24-17(2)23(31-32(24)22-12-11-19(28)13-21(22)29)25(34)30-20-14-26(3,4)33(35)27(5,6)15-20/h7-13,20,35H,14-15H2,1-6H3,(H,30,34). The Hall–Kier alpha value is -2.38. The van der Waals surface area contributed by atoms with Gasteiger partial charge < -0.3 is 10.5 Å². The Balaban J connectivity index is 1.76. The molecule has 1 fully saturated rings. The average Bonchev–Trinajstić information content (AvgIpc) is 3.09. The third-order valence-electron chi connectivity index (χ3n) is 6.77. The van der Waals surface area contributed by atoms with Crippen LogP contribution >= 0.6 is 23.2 Å². The van der Waals surface area contributed by atoms with Gasteiger partial charge in [0.15, 0.2) is 5.69 Å². The van der Waals surface area contributed by atoms with Gasteiger partial charge in [-0.05, 0) is 72.6 Å². The molecule has 0 atom stereocenters. The predicted molar refractivity (Wildman–Crippen MR) is 141 cm³/mol. The van der Waals surface area contributed by atoms with E-state index in [0.29, 0.717) is 34.3 Å². The van der Waals surface area contributed by atoms with Crippen molar-refractivity contribution in [1.82, 2.24) is 20.2 Å². The topological polar surface area (TPSA) is 70.4 Å². The van der Waals surface area contributed by atoms with Gasteiger partial charge in [-0.15, -0.1) is 0 Å². The second kappa shape index (κ2) is 9.25. The molecular weight excluding hydrogens is 483 g/mol. The molecule has 186 valence electrons. The minimum absolute atomic E-state index is 0.109. The van der Waals surface area contributed by atoms with E-state index in [2.05, 4.69) is 5.32 Å². The zero-order valence-electron chi connectivity index (χ0n) is 21.0. The smallest absolute Gasteiger partial charge is 0.272 e. The summed E-state index contributed by atoms with van der Waals surface area (Å²) in [4.78, 5) is 13.5. The first-order valence-corrected chi connectivity index (χ1v) is 12.5. The van der Waals surface area contributed by atoms with Crippen molar-refractivity contribution >= 4 is 29.1 Å². The molecule has 6 nitrogen and oxygen atoms in total. The van der Waals surface area contributed by atoms with Gasteiger partial charge >= 0.3 is 0 Å². The minimum Gasteiger partial charge on any atom is -0.348 e. The normalized spacial score (nSPS) is 18.0. The molecule has 1 aromatic heterocycles. The fourth-order valence-electron chi connectivity index (χ4n) is 5.22. The van der Waals surface area contributed by atoms with Crippen LogP contribution in [0.4, 0.5) is 0 Å². The number of nitrogens with zero attached hydrogens (tertiary/aromatic N) is 3. The first-order chi connectivity index (χ1) is 16.3. The summed E-state index contributed by atoms with van der Waals surface area (Å²) < 4.78 is 1.72. The Morgan fingerprint density at radius 1 is 1.03 bits per heavy atom. The van der Waals surface area contributed by atoms with Crippen molar-refractivity contribution in [2.24, 2.45) is 0 Å². The number of nitrogens with one attached hydrogen (secondary N) is 1. The van der Waals surface area contributed by atoms with Crippen LogP contribution < -0.4 is 5.32 Å². The highest BCUT2D eigenvalue weighted by atomic mass is 35.5. The fraction of sp³-hybridized carbons (Fsp3) is 0.407. The zero-order chi connectivity index (χ0) is 25.7. The Kier molecular flexibility index (Phi) is 6.79. The third-order valence-corrected chi connectivity index (χ3v) is 7.31. The van der Waals surface area contributed by atoms with Crippen molar-refractivity contribution in [2.75, 3.05) is 0 Å². The maximum atomic E-state index is 13.5. The van der Waals surface area contributed by atoms with Gasteiger partial charge in [0.25, 0.3) is 5.91 Å². The highest BCUT2D eigenvalue weighted by Gasteiger charge is 2.45. The molecule has 35 heavy (non-hydrogen) atoms. The molecule has 1 aliphatic heterocycles. The summed E-state index contributed by atoms with van der Waals surface area (Å²) in [6, 6.07) is 13.2. The van der Waals surface area contributed by atoms with E-state index in [-0.39, 0.29) is 11.9 Å². The monoisotopic (exact) mass is 514 g/mol. The second-order valence-electron chi connectivity index (χ2n) is 10.7. The number of aryl methyl sites for hydroxylation is 1. The Labute approximate surface area is 216 Å². The maximum absolute atomic E-state index is 13.5. The number of halogens is 2. The van der Waals surface area contributed by atoms with E-state index >= 15 is 0 Å². The van der Waals surface area contributed by atoms with Crippen molar-refractivity contribution in [3.8, 4) is 16.9 Å². The van der Waals surface area contributed by atoms with E-state index in [1.807, 2.05) is 65.8 Å². The highest BCUT2D eigenvalue weighted by Crippen LogP contribution is 2.37. The largest absolute Gasteiger partial charge is 0.348 e. The lowest BCUT2D eigenvalue weighted by Crippen LogP contribution is -2.63.